The Morgan fingerprint density at radius 3 is 2.93 bits per heavy atom. The lowest BCUT2D eigenvalue weighted by Crippen LogP contribution is -2.42. The molecule has 2 rings (SSSR count). The molecule has 2 heterocycles. The molecule has 2 fully saturated rings. The van der Waals surface area contributed by atoms with Crippen LogP contribution in [0, 0.1) is 11.8 Å². The number of rotatable bonds is 2. The topological polar surface area (TPSA) is 15.3 Å². The van der Waals surface area contributed by atoms with E-state index in [-0.39, 0.29) is 0 Å². The van der Waals surface area contributed by atoms with E-state index in [9.17, 15) is 0 Å². The normalized spacial score (nSPS) is 35.8. The number of hydrogen-bond donors (Lipinski definition) is 1. The molecule has 0 amide bonds. The molecule has 0 saturated carbocycles. The molecule has 0 bridgehead atoms. The fraction of sp³-hybridized carbons (Fsp3) is 1.00. The molecule has 0 aromatic rings. The van der Waals surface area contributed by atoms with Gasteiger partial charge in [0.2, 0.25) is 0 Å². The fourth-order valence-electron chi connectivity index (χ4n) is 2.90. The second-order valence-electron chi connectivity index (χ2n) is 5.22. The summed E-state index contributed by atoms with van der Waals surface area (Å²) in [6, 6.07) is 0. The summed E-state index contributed by atoms with van der Waals surface area (Å²) < 4.78 is 0. The maximum atomic E-state index is 3.51. The highest BCUT2D eigenvalue weighted by Gasteiger charge is 2.20. The Bertz CT molecular complexity index is 164. The van der Waals surface area contributed by atoms with E-state index in [1.807, 2.05) is 0 Å². The predicted molar refractivity (Wildman–Crippen MR) is 60.4 cm³/mol. The van der Waals surface area contributed by atoms with Crippen LogP contribution >= 0.6 is 0 Å². The fourth-order valence-corrected chi connectivity index (χ4v) is 2.90. The molecular formula is C12H24N2. The first-order valence-corrected chi connectivity index (χ1v) is 6.27. The van der Waals surface area contributed by atoms with E-state index in [1.54, 1.807) is 0 Å². The number of piperidine rings is 2. The standard InChI is InChI=1S/C12H24N2/c1-11-4-3-7-14(9-11)10-12-5-2-6-13-8-12/h11-13H,2-10H2,1H3/t11-,12?/m0/s1. The van der Waals surface area contributed by atoms with Crippen LogP contribution < -0.4 is 5.32 Å². The van der Waals surface area contributed by atoms with Crippen molar-refractivity contribution in [2.45, 2.75) is 32.6 Å². The van der Waals surface area contributed by atoms with Gasteiger partial charge < -0.3 is 10.2 Å². The van der Waals surface area contributed by atoms with Gasteiger partial charge in [-0.25, -0.2) is 0 Å². The van der Waals surface area contributed by atoms with E-state index in [1.165, 1.54) is 58.4 Å². The van der Waals surface area contributed by atoms with Crippen LogP contribution in [0.3, 0.4) is 0 Å². The van der Waals surface area contributed by atoms with Gasteiger partial charge in [0.05, 0.1) is 0 Å². The molecule has 2 heteroatoms. The van der Waals surface area contributed by atoms with Gasteiger partial charge in [-0.15, -0.1) is 0 Å². The van der Waals surface area contributed by atoms with Crippen LogP contribution in [0.25, 0.3) is 0 Å². The zero-order valence-electron chi connectivity index (χ0n) is 9.47. The average Bonchev–Trinajstić information content (AvgIpc) is 2.19. The van der Waals surface area contributed by atoms with Gasteiger partial charge in [0.15, 0.2) is 0 Å². The first-order chi connectivity index (χ1) is 6.84. The minimum Gasteiger partial charge on any atom is -0.316 e. The summed E-state index contributed by atoms with van der Waals surface area (Å²) in [7, 11) is 0. The first kappa shape index (κ1) is 10.4. The van der Waals surface area contributed by atoms with E-state index in [0.717, 1.165) is 11.8 Å². The van der Waals surface area contributed by atoms with Crippen LogP contribution in [0.5, 0.6) is 0 Å². The Morgan fingerprint density at radius 1 is 1.29 bits per heavy atom. The maximum Gasteiger partial charge on any atom is 0.00219 e. The van der Waals surface area contributed by atoms with Gasteiger partial charge in [-0.05, 0) is 57.2 Å². The summed E-state index contributed by atoms with van der Waals surface area (Å²) in [6.45, 7) is 8.93. The Morgan fingerprint density at radius 2 is 2.21 bits per heavy atom. The molecule has 14 heavy (non-hydrogen) atoms. The monoisotopic (exact) mass is 196 g/mol. The molecule has 2 nitrogen and oxygen atoms in total. The van der Waals surface area contributed by atoms with Crippen molar-refractivity contribution in [3.63, 3.8) is 0 Å². The SMILES string of the molecule is C[C@H]1CCCN(CC2CCCNC2)C1. The molecule has 2 aliphatic rings. The molecule has 82 valence electrons. The number of hydrogen-bond acceptors (Lipinski definition) is 2. The number of nitrogens with zero attached hydrogens (tertiary/aromatic N) is 1. The predicted octanol–water partition coefficient (Wildman–Crippen LogP) is 1.72. The molecule has 1 N–H and O–H groups in total. The Labute approximate surface area is 88.1 Å². The maximum absolute atomic E-state index is 3.51. The molecule has 0 aromatic heterocycles. The molecule has 1 unspecified atom stereocenters. The van der Waals surface area contributed by atoms with Crippen molar-refractivity contribution in [1.29, 1.82) is 0 Å². The van der Waals surface area contributed by atoms with Crippen molar-refractivity contribution in [3.05, 3.63) is 0 Å². The number of nitrogens with one attached hydrogen (secondary N) is 1. The van der Waals surface area contributed by atoms with Crippen molar-refractivity contribution in [1.82, 2.24) is 10.2 Å². The molecule has 0 spiro atoms. The Kier molecular flexibility index (Phi) is 3.82. The number of likely N-dealkylation sites (tertiary alicyclic amines) is 1. The lowest BCUT2D eigenvalue weighted by molar-refractivity contribution is 0.148. The summed E-state index contributed by atoms with van der Waals surface area (Å²) in [6.07, 6.45) is 5.69. The van der Waals surface area contributed by atoms with Crippen LogP contribution in [0.15, 0.2) is 0 Å². The summed E-state index contributed by atoms with van der Waals surface area (Å²) in [5, 5.41) is 3.51. The Hall–Kier alpha value is -0.0800. The van der Waals surface area contributed by atoms with Crippen LogP contribution in [-0.2, 0) is 0 Å². The van der Waals surface area contributed by atoms with Crippen molar-refractivity contribution in [2.75, 3.05) is 32.7 Å². The second kappa shape index (κ2) is 5.13. The molecule has 0 aliphatic carbocycles. The largest absolute Gasteiger partial charge is 0.316 e. The molecular weight excluding hydrogens is 172 g/mol. The van der Waals surface area contributed by atoms with Gasteiger partial charge in [0.25, 0.3) is 0 Å². The van der Waals surface area contributed by atoms with E-state index in [2.05, 4.69) is 17.1 Å². The van der Waals surface area contributed by atoms with E-state index in [4.69, 9.17) is 0 Å². The van der Waals surface area contributed by atoms with Gasteiger partial charge in [0.1, 0.15) is 0 Å². The summed E-state index contributed by atoms with van der Waals surface area (Å²) in [5.41, 5.74) is 0. The highest BCUT2D eigenvalue weighted by Crippen LogP contribution is 2.18. The third kappa shape index (κ3) is 2.96. The zero-order valence-corrected chi connectivity index (χ0v) is 9.47. The van der Waals surface area contributed by atoms with Crippen molar-refractivity contribution >= 4 is 0 Å². The zero-order chi connectivity index (χ0) is 9.80. The third-order valence-corrected chi connectivity index (χ3v) is 3.66. The molecule has 2 aliphatic heterocycles. The van der Waals surface area contributed by atoms with Gasteiger partial charge in [-0.3, -0.25) is 0 Å². The van der Waals surface area contributed by atoms with E-state index >= 15 is 0 Å². The smallest absolute Gasteiger partial charge is 0.00219 e. The van der Waals surface area contributed by atoms with Gasteiger partial charge >= 0.3 is 0 Å². The van der Waals surface area contributed by atoms with E-state index in [0.29, 0.717) is 0 Å². The third-order valence-electron chi connectivity index (χ3n) is 3.66. The highest BCUT2D eigenvalue weighted by molar-refractivity contribution is 4.76. The summed E-state index contributed by atoms with van der Waals surface area (Å²) in [4.78, 5) is 2.69. The lowest BCUT2D eigenvalue weighted by atomic mass is 9.95. The van der Waals surface area contributed by atoms with Crippen LogP contribution in [-0.4, -0.2) is 37.6 Å². The Balaban J connectivity index is 1.72. The quantitative estimate of drug-likeness (QED) is 0.723. The van der Waals surface area contributed by atoms with Gasteiger partial charge in [0, 0.05) is 13.1 Å². The van der Waals surface area contributed by atoms with Crippen molar-refractivity contribution in [3.8, 4) is 0 Å². The van der Waals surface area contributed by atoms with Gasteiger partial charge in [-0.2, -0.15) is 0 Å². The van der Waals surface area contributed by atoms with Crippen LogP contribution in [0.1, 0.15) is 32.6 Å². The summed E-state index contributed by atoms with van der Waals surface area (Å²) in [5.74, 6) is 1.86. The average molecular weight is 196 g/mol. The molecule has 2 atom stereocenters. The molecule has 0 aromatic carbocycles. The minimum atomic E-state index is 0.925. The van der Waals surface area contributed by atoms with Crippen molar-refractivity contribution < 1.29 is 0 Å². The molecule has 2 saturated heterocycles. The van der Waals surface area contributed by atoms with Crippen LogP contribution in [0.4, 0.5) is 0 Å². The van der Waals surface area contributed by atoms with E-state index < -0.39 is 0 Å². The second-order valence-corrected chi connectivity index (χ2v) is 5.22. The van der Waals surface area contributed by atoms with Crippen LogP contribution in [0.2, 0.25) is 0 Å². The first-order valence-electron chi connectivity index (χ1n) is 6.27. The highest BCUT2D eigenvalue weighted by atomic mass is 15.1. The van der Waals surface area contributed by atoms with Gasteiger partial charge in [-0.1, -0.05) is 6.92 Å². The minimum absolute atomic E-state index is 0.925. The van der Waals surface area contributed by atoms with Crippen molar-refractivity contribution in [2.24, 2.45) is 11.8 Å². The summed E-state index contributed by atoms with van der Waals surface area (Å²) >= 11 is 0. The molecule has 0 radical (unpaired) electrons. The lowest BCUT2D eigenvalue weighted by Gasteiger charge is -2.35.